The third-order valence-corrected chi connectivity index (χ3v) is 5.17. The van der Waals surface area contributed by atoms with E-state index < -0.39 is 5.54 Å². The molecule has 1 heterocycles. The summed E-state index contributed by atoms with van der Waals surface area (Å²) in [6, 6.07) is 30.5. The average molecular weight is 412 g/mol. The van der Waals surface area contributed by atoms with Crippen LogP contribution in [-0.2, 0) is 5.54 Å². The van der Waals surface area contributed by atoms with Gasteiger partial charge in [-0.25, -0.2) is 0 Å². The lowest BCUT2D eigenvalue weighted by Gasteiger charge is -2.36. The van der Waals surface area contributed by atoms with Gasteiger partial charge < -0.3 is 10.1 Å². The minimum atomic E-state index is -0.895. The van der Waals surface area contributed by atoms with E-state index >= 15 is 0 Å². The summed E-state index contributed by atoms with van der Waals surface area (Å²) in [5, 5.41) is 7.27. The summed E-state index contributed by atoms with van der Waals surface area (Å²) >= 11 is 0. The molecule has 0 spiro atoms. The molecule has 0 aliphatic rings. The van der Waals surface area contributed by atoms with E-state index in [2.05, 4.69) is 51.8 Å². The first-order chi connectivity index (χ1) is 15.2. The molecule has 0 aliphatic heterocycles. The van der Waals surface area contributed by atoms with Crippen LogP contribution >= 0.6 is 0 Å². The first-order valence-electron chi connectivity index (χ1n) is 10.2. The standard InChI is InChI=1S/C25H24N4O2/c1-3-31-24-27-22(23(30)26-2)28-29(24)25(19-13-7-4-8-14-19,20-15-9-5-10-16-20)21-17-11-6-12-18-21/h4-18H,3H2,1-2H3,(H,26,30). The van der Waals surface area contributed by atoms with Gasteiger partial charge in [-0.2, -0.15) is 9.67 Å². The molecule has 0 saturated carbocycles. The number of rotatable bonds is 7. The summed E-state index contributed by atoms with van der Waals surface area (Å²) in [5.74, 6) is -0.319. The topological polar surface area (TPSA) is 69.0 Å². The van der Waals surface area contributed by atoms with Gasteiger partial charge in [-0.1, -0.05) is 91.0 Å². The molecule has 0 bridgehead atoms. The largest absolute Gasteiger partial charge is 0.464 e. The highest BCUT2D eigenvalue weighted by Crippen LogP contribution is 2.42. The van der Waals surface area contributed by atoms with E-state index in [1.54, 1.807) is 11.7 Å². The molecule has 1 aromatic heterocycles. The maximum absolute atomic E-state index is 12.4. The average Bonchev–Trinajstić information content (AvgIpc) is 3.26. The van der Waals surface area contributed by atoms with Crippen LogP contribution in [-0.4, -0.2) is 34.3 Å². The maximum atomic E-state index is 12.4. The van der Waals surface area contributed by atoms with Gasteiger partial charge in [0.15, 0.2) is 0 Å². The summed E-state index contributed by atoms with van der Waals surface area (Å²) < 4.78 is 7.62. The zero-order chi connectivity index (χ0) is 21.7. The molecule has 31 heavy (non-hydrogen) atoms. The highest BCUT2D eigenvalue weighted by Gasteiger charge is 2.42. The molecule has 0 atom stereocenters. The Morgan fingerprint density at radius 3 is 1.71 bits per heavy atom. The molecule has 156 valence electrons. The number of ether oxygens (including phenoxy) is 1. The number of benzene rings is 3. The van der Waals surface area contributed by atoms with Crippen molar-refractivity contribution in [1.82, 2.24) is 20.1 Å². The first-order valence-corrected chi connectivity index (χ1v) is 10.2. The Labute approximate surface area is 181 Å². The molecule has 0 radical (unpaired) electrons. The van der Waals surface area contributed by atoms with E-state index in [-0.39, 0.29) is 17.7 Å². The second-order valence-corrected chi connectivity index (χ2v) is 6.95. The van der Waals surface area contributed by atoms with E-state index in [0.29, 0.717) is 6.61 Å². The van der Waals surface area contributed by atoms with E-state index in [9.17, 15) is 4.79 Å². The van der Waals surface area contributed by atoms with Crippen LogP contribution in [0.5, 0.6) is 6.01 Å². The highest BCUT2D eigenvalue weighted by atomic mass is 16.5. The van der Waals surface area contributed by atoms with Gasteiger partial charge in [-0.05, 0) is 23.6 Å². The van der Waals surface area contributed by atoms with Gasteiger partial charge in [-0.3, -0.25) is 4.79 Å². The second-order valence-electron chi connectivity index (χ2n) is 6.95. The van der Waals surface area contributed by atoms with Crippen molar-refractivity contribution in [1.29, 1.82) is 0 Å². The van der Waals surface area contributed by atoms with E-state index in [0.717, 1.165) is 16.7 Å². The van der Waals surface area contributed by atoms with E-state index in [1.165, 1.54) is 0 Å². The Bertz CT molecular complexity index is 1050. The molecule has 1 N–H and O–H groups in total. The van der Waals surface area contributed by atoms with Crippen LogP contribution in [0, 0.1) is 0 Å². The second kappa shape index (κ2) is 8.83. The zero-order valence-corrected chi connectivity index (χ0v) is 17.5. The van der Waals surface area contributed by atoms with Gasteiger partial charge in [0.2, 0.25) is 5.82 Å². The molecule has 3 aromatic carbocycles. The van der Waals surface area contributed by atoms with Crippen molar-refractivity contribution in [2.24, 2.45) is 0 Å². The molecule has 0 fully saturated rings. The quantitative estimate of drug-likeness (QED) is 0.468. The molecule has 0 aliphatic carbocycles. The summed E-state index contributed by atoms with van der Waals surface area (Å²) in [4.78, 5) is 16.8. The van der Waals surface area contributed by atoms with Crippen LogP contribution < -0.4 is 10.1 Å². The highest BCUT2D eigenvalue weighted by molar-refractivity contribution is 5.90. The molecular formula is C25H24N4O2. The van der Waals surface area contributed by atoms with Crippen molar-refractivity contribution in [2.75, 3.05) is 13.7 Å². The van der Waals surface area contributed by atoms with E-state index in [1.807, 2.05) is 61.5 Å². The van der Waals surface area contributed by atoms with Crippen LogP contribution in [0.25, 0.3) is 0 Å². The summed E-state index contributed by atoms with van der Waals surface area (Å²) in [5.41, 5.74) is 2.03. The van der Waals surface area contributed by atoms with Gasteiger partial charge in [-0.15, -0.1) is 5.10 Å². The molecule has 4 rings (SSSR count). The minimum absolute atomic E-state index is 0.0538. The molecule has 6 nitrogen and oxygen atoms in total. The van der Waals surface area contributed by atoms with E-state index in [4.69, 9.17) is 4.74 Å². The third kappa shape index (κ3) is 3.57. The van der Waals surface area contributed by atoms with Gasteiger partial charge >= 0.3 is 6.01 Å². The normalized spacial score (nSPS) is 11.2. The Balaban J connectivity index is 2.14. The fourth-order valence-electron chi connectivity index (χ4n) is 3.85. The van der Waals surface area contributed by atoms with Gasteiger partial charge in [0, 0.05) is 7.05 Å². The maximum Gasteiger partial charge on any atom is 0.317 e. The Hall–Kier alpha value is -3.93. The van der Waals surface area contributed by atoms with Crippen LogP contribution in [0.1, 0.15) is 34.2 Å². The Morgan fingerprint density at radius 1 is 0.871 bits per heavy atom. The molecule has 0 saturated heterocycles. The summed E-state index contributed by atoms with van der Waals surface area (Å²) in [6.07, 6.45) is 0. The molecule has 6 heteroatoms. The van der Waals surface area contributed by atoms with Gasteiger partial charge in [0.05, 0.1) is 6.61 Å². The number of nitrogens with zero attached hydrogens (tertiary/aromatic N) is 3. The summed E-state index contributed by atoms with van der Waals surface area (Å²) in [7, 11) is 1.56. The molecule has 1 amide bonds. The van der Waals surface area contributed by atoms with Gasteiger partial charge in [0.25, 0.3) is 5.91 Å². The molecule has 4 aromatic rings. The Kier molecular flexibility index (Phi) is 5.80. The zero-order valence-electron chi connectivity index (χ0n) is 17.5. The van der Waals surface area contributed by atoms with Crippen molar-refractivity contribution in [3.63, 3.8) is 0 Å². The number of aromatic nitrogens is 3. The van der Waals surface area contributed by atoms with Crippen molar-refractivity contribution in [3.8, 4) is 6.01 Å². The lowest BCUT2D eigenvalue weighted by molar-refractivity contribution is 0.0952. The van der Waals surface area contributed by atoms with Crippen LogP contribution in [0.2, 0.25) is 0 Å². The first kappa shape index (κ1) is 20.3. The summed E-state index contributed by atoms with van der Waals surface area (Å²) in [6.45, 7) is 2.27. The van der Waals surface area contributed by atoms with Crippen LogP contribution in [0.15, 0.2) is 91.0 Å². The Morgan fingerprint density at radius 2 is 1.32 bits per heavy atom. The van der Waals surface area contributed by atoms with Gasteiger partial charge in [0.1, 0.15) is 5.54 Å². The van der Waals surface area contributed by atoms with Crippen molar-refractivity contribution >= 4 is 5.91 Å². The number of carbonyl (C=O) groups excluding carboxylic acids is 1. The predicted molar refractivity (Wildman–Crippen MR) is 119 cm³/mol. The number of nitrogens with one attached hydrogen (secondary N) is 1. The molecular weight excluding hydrogens is 388 g/mol. The molecule has 0 unspecified atom stereocenters. The minimum Gasteiger partial charge on any atom is -0.464 e. The van der Waals surface area contributed by atoms with Crippen molar-refractivity contribution in [2.45, 2.75) is 12.5 Å². The van der Waals surface area contributed by atoms with Crippen LogP contribution in [0.3, 0.4) is 0 Å². The lowest BCUT2D eigenvalue weighted by atomic mass is 9.77. The number of amides is 1. The smallest absolute Gasteiger partial charge is 0.317 e. The van der Waals surface area contributed by atoms with Crippen molar-refractivity contribution in [3.05, 3.63) is 114 Å². The number of carbonyl (C=O) groups is 1. The number of hydrogen-bond donors (Lipinski definition) is 1. The van der Waals surface area contributed by atoms with Crippen molar-refractivity contribution < 1.29 is 9.53 Å². The van der Waals surface area contributed by atoms with Crippen LogP contribution in [0.4, 0.5) is 0 Å². The lowest BCUT2D eigenvalue weighted by Crippen LogP contribution is -2.39. The third-order valence-electron chi connectivity index (χ3n) is 5.17. The fraction of sp³-hybridized carbons (Fsp3) is 0.160. The monoisotopic (exact) mass is 412 g/mol. The number of hydrogen-bond acceptors (Lipinski definition) is 4. The SMILES string of the molecule is CCOc1nc(C(=O)NC)nn1C(c1ccccc1)(c1ccccc1)c1ccccc1. The fourth-order valence-corrected chi connectivity index (χ4v) is 3.85. The predicted octanol–water partition coefficient (Wildman–Crippen LogP) is 3.88.